The highest BCUT2D eigenvalue weighted by Crippen LogP contribution is 2.09. The number of nitrogens with zero attached hydrogens (tertiary/aromatic N) is 2. The van der Waals surface area contributed by atoms with Gasteiger partial charge in [0, 0.05) is 18.1 Å². The minimum absolute atomic E-state index is 0.768. The lowest BCUT2D eigenvalue weighted by Gasteiger charge is -2.01. The molecule has 0 aliphatic heterocycles. The molecule has 0 spiro atoms. The molecule has 0 fully saturated rings. The second kappa shape index (κ2) is 4.37. The molecule has 1 aromatic carbocycles. The van der Waals surface area contributed by atoms with Crippen molar-refractivity contribution in [1.29, 1.82) is 0 Å². The number of allylic oxidation sites excluding steroid dienone is 1. The van der Waals surface area contributed by atoms with Gasteiger partial charge in [-0.2, -0.15) is 0 Å². The van der Waals surface area contributed by atoms with E-state index in [1.807, 2.05) is 35.0 Å². The normalized spacial score (nSPS) is 10.7. The van der Waals surface area contributed by atoms with E-state index in [2.05, 4.69) is 4.98 Å². The van der Waals surface area contributed by atoms with Crippen LogP contribution in [0, 0.1) is 0 Å². The minimum atomic E-state index is 0.768. The molecule has 2 rings (SSSR count). The first-order valence-corrected chi connectivity index (χ1v) is 4.60. The fraction of sp³-hybridized carbons (Fsp3) is 0. The van der Waals surface area contributed by atoms with Gasteiger partial charge in [-0.05, 0) is 23.8 Å². The van der Waals surface area contributed by atoms with Crippen LogP contribution in [0.2, 0.25) is 0 Å². The van der Waals surface area contributed by atoms with Gasteiger partial charge in [0.05, 0.1) is 6.33 Å². The van der Waals surface area contributed by atoms with Crippen LogP contribution in [0.25, 0.3) is 11.8 Å². The van der Waals surface area contributed by atoms with Gasteiger partial charge in [-0.15, -0.1) is 0 Å². The summed E-state index contributed by atoms with van der Waals surface area (Å²) in [6.45, 7) is 0. The minimum Gasteiger partial charge on any atom is -0.306 e. The second-order valence-electron chi connectivity index (χ2n) is 3.06. The van der Waals surface area contributed by atoms with Crippen LogP contribution in [-0.4, -0.2) is 15.8 Å². The number of aromatic nitrogens is 2. The van der Waals surface area contributed by atoms with Crippen LogP contribution in [0.1, 0.15) is 5.56 Å². The number of benzene rings is 1. The highest BCUT2D eigenvalue weighted by molar-refractivity contribution is 5.73. The first kappa shape index (κ1) is 9.40. The standard InChI is InChI=1S/C12H10N2O/c15-9-1-2-11-3-5-12(6-4-11)14-8-7-13-10-14/h1-10H/b2-1+. The van der Waals surface area contributed by atoms with Crippen molar-refractivity contribution < 1.29 is 4.79 Å². The lowest BCUT2D eigenvalue weighted by molar-refractivity contribution is -0.104. The summed E-state index contributed by atoms with van der Waals surface area (Å²) < 4.78 is 1.92. The molecule has 15 heavy (non-hydrogen) atoms. The third-order valence-corrected chi connectivity index (χ3v) is 2.06. The van der Waals surface area contributed by atoms with E-state index in [9.17, 15) is 4.79 Å². The summed E-state index contributed by atoms with van der Waals surface area (Å²) in [5.41, 5.74) is 2.06. The number of carbonyl (C=O) groups is 1. The second-order valence-corrected chi connectivity index (χ2v) is 3.06. The molecule has 0 aliphatic carbocycles. The average Bonchev–Trinajstić information content (AvgIpc) is 2.80. The van der Waals surface area contributed by atoms with E-state index >= 15 is 0 Å². The number of carbonyl (C=O) groups excluding carboxylic acids is 1. The van der Waals surface area contributed by atoms with Crippen molar-refractivity contribution in [2.75, 3.05) is 0 Å². The lowest BCUT2D eigenvalue weighted by atomic mass is 10.2. The highest BCUT2D eigenvalue weighted by Gasteiger charge is 1.93. The van der Waals surface area contributed by atoms with Crippen molar-refractivity contribution in [3.8, 4) is 5.69 Å². The molecule has 0 N–H and O–H groups in total. The number of hydrogen-bond acceptors (Lipinski definition) is 2. The van der Waals surface area contributed by atoms with Gasteiger partial charge in [0.15, 0.2) is 0 Å². The SMILES string of the molecule is O=C/C=C/c1ccc(-n2ccnc2)cc1. The Morgan fingerprint density at radius 2 is 2.00 bits per heavy atom. The Labute approximate surface area is 87.7 Å². The predicted octanol–water partition coefficient (Wildman–Crippen LogP) is 2.08. The molecular formula is C12H10N2O. The van der Waals surface area contributed by atoms with Gasteiger partial charge in [0.1, 0.15) is 6.29 Å². The first-order valence-electron chi connectivity index (χ1n) is 4.60. The van der Waals surface area contributed by atoms with Crippen LogP contribution in [0.3, 0.4) is 0 Å². The van der Waals surface area contributed by atoms with Crippen molar-refractivity contribution in [3.63, 3.8) is 0 Å². The summed E-state index contributed by atoms with van der Waals surface area (Å²) in [7, 11) is 0. The van der Waals surface area contributed by atoms with Gasteiger partial charge < -0.3 is 4.57 Å². The van der Waals surface area contributed by atoms with Gasteiger partial charge >= 0.3 is 0 Å². The number of imidazole rings is 1. The lowest BCUT2D eigenvalue weighted by Crippen LogP contribution is -1.88. The van der Waals surface area contributed by atoms with Gasteiger partial charge in [-0.3, -0.25) is 4.79 Å². The zero-order valence-corrected chi connectivity index (χ0v) is 8.08. The fourth-order valence-electron chi connectivity index (χ4n) is 1.32. The van der Waals surface area contributed by atoms with Crippen LogP contribution in [0.4, 0.5) is 0 Å². The smallest absolute Gasteiger partial charge is 0.142 e. The van der Waals surface area contributed by atoms with E-state index in [1.165, 1.54) is 6.08 Å². The van der Waals surface area contributed by atoms with Crippen molar-refractivity contribution in [1.82, 2.24) is 9.55 Å². The molecule has 1 heterocycles. The first-order chi connectivity index (χ1) is 7.40. The quantitative estimate of drug-likeness (QED) is 0.559. The Hall–Kier alpha value is -2.16. The van der Waals surface area contributed by atoms with Crippen LogP contribution < -0.4 is 0 Å². The van der Waals surface area contributed by atoms with Crippen molar-refractivity contribution in [2.45, 2.75) is 0 Å². The van der Waals surface area contributed by atoms with Crippen molar-refractivity contribution >= 4 is 12.4 Å². The van der Waals surface area contributed by atoms with Gasteiger partial charge in [-0.25, -0.2) is 4.98 Å². The third kappa shape index (κ3) is 2.20. The summed E-state index contributed by atoms with van der Waals surface area (Å²) in [4.78, 5) is 14.1. The number of hydrogen-bond donors (Lipinski definition) is 0. The zero-order chi connectivity index (χ0) is 10.5. The Morgan fingerprint density at radius 3 is 2.60 bits per heavy atom. The highest BCUT2D eigenvalue weighted by atomic mass is 16.1. The Morgan fingerprint density at radius 1 is 1.20 bits per heavy atom. The summed E-state index contributed by atoms with van der Waals surface area (Å²) >= 11 is 0. The molecule has 0 radical (unpaired) electrons. The Balaban J connectivity index is 2.24. The van der Waals surface area contributed by atoms with Crippen LogP contribution in [-0.2, 0) is 4.79 Å². The molecule has 0 aliphatic rings. The largest absolute Gasteiger partial charge is 0.306 e. The molecule has 0 unspecified atom stereocenters. The number of rotatable bonds is 3. The summed E-state index contributed by atoms with van der Waals surface area (Å²) in [6, 6.07) is 7.86. The van der Waals surface area contributed by atoms with Gasteiger partial charge in [-0.1, -0.05) is 18.2 Å². The molecule has 3 heteroatoms. The third-order valence-electron chi connectivity index (χ3n) is 2.06. The molecule has 74 valence electrons. The average molecular weight is 198 g/mol. The maximum absolute atomic E-state index is 10.1. The van der Waals surface area contributed by atoms with E-state index in [0.29, 0.717) is 0 Å². The fourth-order valence-corrected chi connectivity index (χ4v) is 1.32. The summed E-state index contributed by atoms with van der Waals surface area (Å²) in [5, 5.41) is 0. The topological polar surface area (TPSA) is 34.9 Å². The molecule has 0 saturated carbocycles. The van der Waals surface area contributed by atoms with Crippen LogP contribution >= 0.6 is 0 Å². The van der Waals surface area contributed by atoms with E-state index in [0.717, 1.165) is 17.5 Å². The van der Waals surface area contributed by atoms with Crippen LogP contribution in [0.5, 0.6) is 0 Å². The van der Waals surface area contributed by atoms with E-state index < -0.39 is 0 Å². The molecule has 0 bridgehead atoms. The van der Waals surface area contributed by atoms with E-state index in [1.54, 1.807) is 18.6 Å². The monoisotopic (exact) mass is 198 g/mol. The molecule has 0 amide bonds. The van der Waals surface area contributed by atoms with Crippen LogP contribution in [0.15, 0.2) is 49.1 Å². The molecule has 2 aromatic rings. The molecule has 0 atom stereocenters. The van der Waals surface area contributed by atoms with E-state index in [4.69, 9.17) is 0 Å². The zero-order valence-electron chi connectivity index (χ0n) is 8.08. The Bertz CT molecular complexity index is 455. The van der Waals surface area contributed by atoms with Crippen molar-refractivity contribution in [2.24, 2.45) is 0 Å². The van der Waals surface area contributed by atoms with E-state index in [-0.39, 0.29) is 0 Å². The molecule has 0 saturated heterocycles. The molecule has 1 aromatic heterocycles. The van der Waals surface area contributed by atoms with Gasteiger partial charge in [0.25, 0.3) is 0 Å². The number of aldehydes is 1. The van der Waals surface area contributed by atoms with Crippen molar-refractivity contribution in [3.05, 3.63) is 54.6 Å². The summed E-state index contributed by atoms with van der Waals surface area (Å²) in [5.74, 6) is 0. The van der Waals surface area contributed by atoms with Gasteiger partial charge in [0.2, 0.25) is 0 Å². The summed E-state index contributed by atoms with van der Waals surface area (Å²) in [6.07, 6.45) is 9.38. The predicted molar refractivity (Wildman–Crippen MR) is 58.7 cm³/mol. The Kier molecular flexibility index (Phi) is 2.74. The maximum Gasteiger partial charge on any atom is 0.142 e. The molecular weight excluding hydrogens is 188 g/mol. The molecule has 3 nitrogen and oxygen atoms in total. The maximum atomic E-state index is 10.1.